The van der Waals surface area contributed by atoms with Crippen LogP contribution in [-0.2, 0) is 14.3 Å². The van der Waals surface area contributed by atoms with Crippen LogP contribution in [0.2, 0.25) is 0 Å². The summed E-state index contributed by atoms with van der Waals surface area (Å²) in [6.45, 7) is 15.3. The minimum atomic E-state index is -0.478. The van der Waals surface area contributed by atoms with Gasteiger partial charge in [0.2, 0.25) is 12.6 Å². The number of carbonyl (C=O) groups excluding carboxylic acids is 2. The van der Waals surface area contributed by atoms with E-state index in [1.54, 1.807) is 0 Å². The van der Waals surface area contributed by atoms with Crippen molar-refractivity contribution < 1.29 is 31.2 Å². The number of carbonyl (C=O) groups is 2. The lowest BCUT2D eigenvalue weighted by atomic mass is 9.44. The summed E-state index contributed by atoms with van der Waals surface area (Å²) in [5.41, 5.74) is 0.623. The maximum absolute atomic E-state index is 12.7. The Labute approximate surface area is 258 Å². The molecule has 6 heteroatoms. The third-order valence-corrected chi connectivity index (χ3v) is 12.6. The van der Waals surface area contributed by atoms with Gasteiger partial charge in [0.05, 0.1) is 26.1 Å². The van der Waals surface area contributed by atoms with Gasteiger partial charge in [0.25, 0.3) is 0 Å². The Kier molecular flexibility index (Phi) is 11.4. The first-order chi connectivity index (χ1) is 18.7. The fourth-order valence-corrected chi connectivity index (χ4v) is 10.2. The monoisotopic (exact) mass is 594 g/mol. The van der Waals surface area contributed by atoms with Crippen molar-refractivity contribution in [2.45, 2.75) is 125 Å². The summed E-state index contributed by atoms with van der Waals surface area (Å²) in [7, 11) is 4.15. The molecule has 0 aliphatic heterocycles. The quantitative estimate of drug-likeness (QED) is 0.174. The number of amides is 1. The van der Waals surface area contributed by atoms with E-state index in [1.807, 2.05) is 20.8 Å². The number of esters is 1. The third-order valence-electron chi connectivity index (χ3n) is 12.6. The molecule has 4 aliphatic rings. The second-order valence-electron chi connectivity index (χ2n) is 16.8. The van der Waals surface area contributed by atoms with Crippen molar-refractivity contribution in [2.24, 2.45) is 51.8 Å². The third kappa shape index (κ3) is 7.65. The molecular formula is C35H63ClN2O3. The van der Waals surface area contributed by atoms with Gasteiger partial charge in [-0.15, -0.1) is 0 Å². The molecule has 0 saturated heterocycles. The summed E-state index contributed by atoms with van der Waals surface area (Å²) >= 11 is 0. The minimum absolute atomic E-state index is 0. The molecule has 0 spiro atoms. The number of hydrogen-bond acceptors (Lipinski definition) is 3. The number of nitrogens with one attached hydrogen (secondary N) is 1. The number of ether oxygens (including phenoxy) is 1. The lowest BCUT2D eigenvalue weighted by molar-refractivity contribution is -0.907. The van der Waals surface area contributed by atoms with Gasteiger partial charge in [-0.1, -0.05) is 33.6 Å². The lowest BCUT2D eigenvalue weighted by Gasteiger charge is -2.61. The Morgan fingerprint density at radius 3 is 2.37 bits per heavy atom. The predicted molar refractivity (Wildman–Crippen MR) is 163 cm³/mol. The summed E-state index contributed by atoms with van der Waals surface area (Å²) in [6, 6.07) is 0. The smallest absolute Gasteiger partial charge is 0.315 e. The average Bonchev–Trinajstić information content (AvgIpc) is 3.25. The molecule has 238 valence electrons. The standard InChI is InChI=1S/C35H62N2O3.ClH/c1-25(13-18-31(38)36-22-11-23-37(7,8)24-40-32(39)33(2,3)4)28-16-17-29-27-15-14-26-12-9-10-20-34(26,5)30(27)19-21-35(28,29)6;/h25-30H,9-24H2,1-8H3;1H/t25-,26?,27+,28-,29+,30+,34+,35-;/m1./s1. The van der Waals surface area contributed by atoms with Crippen LogP contribution in [0.3, 0.4) is 0 Å². The van der Waals surface area contributed by atoms with Crippen LogP contribution in [0.15, 0.2) is 0 Å². The molecule has 0 aromatic carbocycles. The maximum Gasteiger partial charge on any atom is 0.315 e. The van der Waals surface area contributed by atoms with E-state index in [0.717, 1.165) is 49.0 Å². The fraction of sp³-hybridized carbons (Fsp3) is 0.943. The van der Waals surface area contributed by atoms with Crippen LogP contribution in [0.1, 0.15) is 125 Å². The van der Waals surface area contributed by atoms with Gasteiger partial charge in [0.15, 0.2) is 0 Å². The summed E-state index contributed by atoms with van der Waals surface area (Å²) in [4.78, 5) is 24.8. The summed E-state index contributed by atoms with van der Waals surface area (Å²) in [5, 5.41) is 3.17. The lowest BCUT2D eigenvalue weighted by Crippen LogP contribution is -3.00. The van der Waals surface area contributed by atoms with Crippen LogP contribution in [-0.4, -0.2) is 50.3 Å². The Bertz CT molecular complexity index is 900. The van der Waals surface area contributed by atoms with Crippen LogP contribution in [0.5, 0.6) is 0 Å². The molecule has 4 aliphatic carbocycles. The Morgan fingerprint density at radius 1 is 0.951 bits per heavy atom. The van der Waals surface area contributed by atoms with E-state index in [9.17, 15) is 9.59 Å². The van der Waals surface area contributed by atoms with E-state index >= 15 is 0 Å². The number of hydrogen-bond donors (Lipinski definition) is 1. The second kappa shape index (κ2) is 13.4. The Hall–Kier alpha value is -0.810. The number of halogens is 1. The van der Waals surface area contributed by atoms with Crippen molar-refractivity contribution in [1.29, 1.82) is 0 Å². The maximum atomic E-state index is 12.7. The van der Waals surface area contributed by atoms with E-state index in [2.05, 4.69) is 40.2 Å². The van der Waals surface area contributed by atoms with Crippen molar-refractivity contribution >= 4 is 11.9 Å². The number of nitrogens with zero attached hydrogens (tertiary/aromatic N) is 1. The van der Waals surface area contributed by atoms with E-state index in [4.69, 9.17) is 4.74 Å². The van der Waals surface area contributed by atoms with Crippen LogP contribution in [0.25, 0.3) is 0 Å². The molecule has 0 bridgehead atoms. The molecule has 4 saturated carbocycles. The highest BCUT2D eigenvalue weighted by molar-refractivity contribution is 5.76. The van der Waals surface area contributed by atoms with Gasteiger partial charge in [-0.05, 0) is 125 Å². The van der Waals surface area contributed by atoms with Crippen molar-refractivity contribution in [3.8, 4) is 0 Å². The van der Waals surface area contributed by atoms with E-state index in [-0.39, 0.29) is 24.3 Å². The highest BCUT2D eigenvalue weighted by Crippen LogP contribution is 2.68. The fourth-order valence-electron chi connectivity index (χ4n) is 10.2. The molecule has 0 radical (unpaired) electrons. The van der Waals surface area contributed by atoms with E-state index < -0.39 is 5.41 Å². The zero-order valence-corrected chi connectivity index (χ0v) is 28.6. The topological polar surface area (TPSA) is 55.4 Å². The van der Waals surface area contributed by atoms with Crippen LogP contribution >= 0.6 is 0 Å². The molecule has 5 nitrogen and oxygen atoms in total. The molecule has 41 heavy (non-hydrogen) atoms. The van der Waals surface area contributed by atoms with Gasteiger partial charge in [-0.25, -0.2) is 0 Å². The zero-order chi connectivity index (χ0) is 29.3. The summed E-state index contributed by atoms with van der Waals surface area (Å²) < 4.78 is 6.12. The van der Waals surface area contributed by atoms with Gasteiger partial charge in [0.1, 0.15) is 0 Å². The molecule has 4 fully saturated rings. The molecule has 0 aromatic heterocycles. The minimum Gasteiger partial charge on any atom is -1.00 e. The summed E-state index contributed by atoms with van der Waals surface area (Å²) in [5.74, 6) is 5.26. The first kappa shape index (κ1) is 34.7. The molecular weight excluding hydrogens is 532 g/mol. The van der Waals surface area contributed by atoms with Gasteiger partial charge < -0.3 is 22.5 Å². The first-order valence-corrected chi connectivity index (χ1v) is 16.9. The normalized spacial score (nSPS) is 35.8. The van der Waals surface area contributed by atoms with E-state index in [1.165, 1.54) is 64.2 Å². The molecule has 0 aromatic rings. The second-order valence-corrected chi connectivity index (χ2v) is 16.8. The van der Waals surface area contributed by atoms with Gasteiger partial charge in [0, 0.05) is 19.4 Å². The van der Waals surface area contributed by atoms with Crippen LogP contribution in [0, 0.1) is 51.8 Å². The number of rotatable bonds is 10. The molecule has 1 N–H and O–H groups in total. The first-order valence-electron chi connectivity index (χ1n) is 16.9. The van der Waals surface area contributed by atoms with E-state index in [0.29, 0.717) is 40.9 Å². The van der Waals surface area contributed by atoms with Crippen LogP contribution in [0.4, 0.5) is 0 Å². The number of quaternary nitrogens is 1. The van der Waals surface area contributed by atoms with Crippen molar-refractivity contribution in [3.05, 3.63) is 0 Å². The average molecular weight is 595 g/mol. The largest absolute Gasteiger partial charge is 1.00 e. The number of fused-ring (bicyclic) bond motifs is 5. The molecule has 4 rings (SSSR count). The SMILES string of the molecule is C[C@H](CCC(=O)NCCC[N+](C)(C)COC(=O)C(C)(C)C)[C@H]1CC[C@H]2[C@@H]3CCC4CCCC[C@]4(C)[C@H]3CC[C@]12C.[Cl-]. The molecule has 0 heterocycles. The highest BCUT2D eigenvalue weighted by atomic mass is 35.5. The van der Waals surface area contributed by atoms with Gasteiger partial charge in [-0.2, -0.15) is 0 Å². The van der Waals surface area contributed by atoms with Crippen LogP contribution < -0.4 is 17.7 Å². The molecule has 8 atom stereocenters. The molecule has 1 unspecified atom stereocenters. The van der Waals surface area contributed by atoms with Gasteiger partial charge >= 0.3 is 5.97 Å². The summed E-state index contributed by atoms with van der Waals surface area (Å²) in [6.07, 6.45) is 17.1. The zero-order valence-electron chi connectivity index (χ0n) is 27.8. The van der Waals surface area contributed by atoms with Crippen molar-refractivity contribution in [2.75, 3.05) is 33.9 Å². The van der Waals surface area contributed by atoms with Gasteiger partial charge in [-0.3, -0.25) is 14.1 Å². The molecule has 1 amide bonds. The predicted octanol–water partition coefficient (Wildman–Crippen LogP) is 4.59. The van der Waals surface area contributed by atoms with Crippen molar-refractivity contribution in [1.82, 2.24) is 5.32 Å². The highest BCUT2D eigenvalue weighted by Gasteiger charge is 2.60. The Morgan fingerprint density at radius 2 is 1.66 bits per heavy atom. The van der Waals surface area contributed by atoms with Crippen molar-refractivity contribution in [3.63, 3.8) is 0 Å². The Balaban J connectivity index is 0.00000462.